The topological polar surface area (TPSA) is 86.3 Å². The van der Waals surface area contributed by atoms with Gasteiger partial charge in [-0.3, -0.25) is 4.79 Å². The number of hydrogen-bond acceptors (Lipinski definition) is 6. The molecule has 0 unspecified atom stereocenters. The highest BCUT2D eigenvalue weighted by Gasteiger charge is 2.16. The second-order valence-electron chi connectivity index (χ2n) is 4.93. The smallest absolute Gasteiger partial charge is 0.387 e. The van der Waals surface area contributed by atoms with E-state index in [1.54, 1.807) is 17.0 Å². The lowest BCUT2D eigenvalue weighted by atomic mass is 10.2. The quantitative estimate of drug-likeness (QED) is 0.566. The number of alkyl halides is 2. The molecule has 2 rings (SSSR count). The molecule has 10 heteroatoms. The normalized spacial score (nSPS) is 10.9. The number of rotatable bonds is 8. The van der Waals surface area contributed by atoms with Crippen molar-refractivity contribution in [2.45, 2.75) is 25.6 Å². The monoisotopic (exact) mass is 371 g/mol. The number of nitrogens with zero attached hydrogens (tertiary/aromatic N) is 4. The summed E-state index contributed by atoms with van der Waals surface area (Å²) in [5.74, 6) is 6.58. The highest BCUT2D eigenvalue weighted by Crippen LogP contribution is 2.24. The SMILES string of the molecule is CCN(CC)C(=O)CSc1nnc(-c2ccc(OC(F)F)cc2)n1N. The Morgan fingerprint density at radius 1 is 1.28 bits per heavy atom. The molecule has 0 saturated carbocycles. The summed E-state index contributed by atoms with van der Waals surface area (Å²) in [6, 6.07) is 5.90. The van der Waals surface area contributed by atoms with E-state index in [1.807, 2.05) is 13.8 Å². The van der Waals surface area contributed by atoms with Gasteiger partial charge in [-0.25, -0.2) is 4.68 Å². The lowest BCUT2D eigenvalue weighted by Gasteiger charge is -2.17. The number of nitrogens with two attached hydrogens (primary N) is 1. The molecule has 0 aliphatic heterocycles. The Labute approximate surface area is 148 Å². The minimum Gasteiger partial charge on any atom is -0.435 e. The van der Waals surface area contributed by atoms with Crippen LogP contribution in [-0.2, 0) is 4.79 Å². The van der Waals surface area contributed by atoms with Gasteiger partial charge in [-0.1, -0.05) is 11.8 Å². The van der Waals surface area contributed by atoms with Gasteiger partial charge in [0.25, 0.3) is 0 Å². The van der Waals surface area contributed by atoms with Crippen molar-refractivity contribution >= 4 is 17.7 Å². The van der Waals surface area contributed by atoms with Crippen molar-refractivity contribution in [2.24, 2.45) is 0 Å². The van der Waals surface area contributed by atoms with Crippen molar-refractivity contribution < 1.29 is 18.3 Å². The standard InChI is InChI=1S/C15H19F2N5O2S/c1-3-21(4-2)12(23)9-25-15-20-19-13(22(15)18)10-5-7-11(8-6-10)24-14(16)17/h5-8,14H,3-4,9,18H2,1-2H3. The number of halogens is 2. The van der Waals surface area contributed by atoms with Crippen LogP contribution in [0.15, 0.2) is 29.4 Å². The van der Waals surface area contributed by atoms with Crippen LogP contribution >= 0.6 is 11.8 Å². The summed E-state index contributed by atoms with van der Waals surface area (Å²) in [7, 11) is 0. The molecular formula is C15H19F2N5O2S. The van der Waals surface area contributed by atoms with Crippen LogP contribution in [-0.4, -0.2) is 51.1 Å². The zero-order valence-corrected chi connectivity index (χ0v) is 14.7. The molecule has 1 aromatic carbocycles. The van der Waals surface area contributed by atoms with Crippen molar-refractivity contribution in [3.8, 4) is 17.1 Å². The molecule has 0 fully saturated rings. The minimum absolute atomic E-state index is 0.00643. The Hall–Kier alpha value is -2.36. The molecule has 0 bridgehead atoms. The zero-order chi connectivity index (χ0) is 18.4. The van der Waals surface area contributed by atoms with E-state index in [2.05, 4.69) is 14.9 Å². The predicted octanol–water partition coefficient (Wildman–Crippen LogP) is 2.22. The first-order chi connectivity index (χ1) is 12.0. The van der Waals surface area contributed by atoms with Crippen LogP contribution in [0.2, 0.25) is 0 Å². The molecule has 25 heavy (non-hydrogen) atoms. The summed E-state index contributed by atoms with van der Waals surface area (Å²) in [6.07, 6.45) is 0. The van der Waals surface area contributed by atoms with Crippen LogP contribution in [0.25, 0.3) is 11.4 Å². The average molecular weight is 371 g/mol. The number of aromatic nitrogens is 3. The Bertz CT molecular complexity index is 704. The lowest BCUT2D eigenvalue weighted by Crippen LogP contribution is -2.32. The van der Waals surface area contributed by atoms with Gasteiger partial charge in [0, 0.05) is 18.7 Å². The van der Waals surface area contributed by atoms with Crippen LogP contribution in [0, 0.1) is 0 Å². The number of nitrogen functional groups attached to an aromatic ring is 1. The fourth-order valence-corrected chi connectivity index (χ4v) is 2.91. The van der Waals surface area contributed by atoms with Crippen LogP contribution in [0.5, 0.6) is 5.75 Å². The molecule has 2 aromatic rings. The van der Waals surface area contributed by atoms with E-state index < -0.39 is 6.61 Å². The van der Waals surface area contributed by atoms with Crippen molar-refractivity contribution in [1.82, 2.24) is 19.8 Å². The third-order valence-electron chi connectivity index (χ3n) is 3.44. The molecule has 1 amide bonds. The highest BCUT2D eigenvalue weighted by molar-refractivity contribution is 7.99. The van der Waals surface area contributed by atoms with Crippen molar-refractivity contribution in [3.63, 3.8) is 0 Å². The number of thioether (sulfide) groups is 1. The molecule has 0 aliphatic rings. The van der Waals surface area contributed by atoms with Crippen LogP contribution in [0.1, 0.15) is 13.8 Å². The van der Waals surface area contributed by atoms with Crippen molar-refractivity contribution in [1.29, 1.82) is 0 Å². The predicted molar refractivity (Wildman–Crippen MR) is 90.9 cm³/mol. The van der Waals surface area contributed by atoms with E-state index >= 15 is 0 Å². The Balaban J connectivity index is 2.06. The molecule has 0 saturated heterocycles. The van der Waals surface area contributed by atoms with Gasteiger partial charge in [-0.2, -0.15) is 8.78 Å². The molecule has 0 aliphatic carbocycles. The van der Waals surface area contributed by atoms with E-state index in [0.717, 1.165) is 0 Å². The summed E-state index contributed by atoms with van der Waals surface area (Å²) in [5, 5.41) is 8.36. The first kappa shape index (κ1) is 19.0. The second-order valence-corrected chi connectivity index (χ2v) is 5.88. The maximum absolute atomic E-state index is 12.2. The van der Waals surface area contributed by atoms with Crippen LogP contribution < -0.4 is 10.6 Å². The molecule has 7 nitrogen and oxygen atoms in total. The molecule has 0 atom stereocenters. The Kier molecular flexibility index (Phi) is 6.57. The van der Waals surface area contributed by atoms with E-state index in [9.17, 15) is 13.6 Å². The second kappa shape index (κ2) is 8.65. The lowest BCUT2D eigenvalue weighted by molar-refractivity contribution is -0.127. The summed E-state index contributed by atoms with van der Waals surface area (Å²) >= 11 is 1.19. The first-order valence-corrected chi connectivity index (χ1v) is 8.61. The summed E-state index contributed by atoms with van der Waals surface area (Å²) in [4.78, 5) is 13.7. The van der Waals surface area contributed by atoms with E-state index in [-0.39, 0.29) is 17.4 Å². The molecule has 0 radical (unpaired) electrons. The molecule has 2 N–H and O–H groups in total. The largest absolute Gasteiger partial charge is 0.435 e. The fourth-order valence-electron chi connectivity index (χ4n) is 2.15. The van der Waals surface area contributed by atoms with Crippen LogP contribution in [0.3, 0.4) is 0 Å². The van der Waals surface area contributed by atoms with Crippen molar-refractivity contribution in [2.75, 3.05) is 24.7 Å². The van der Waals surface area contributed by atoms with Crippen LogP contribution in [0.4, 0.5) is 8.78 Å². The minimum atomic E-state index is -2.88. The highest BCUT2D eigenvalue weighted by atomic mass is 32.2. The van der Waals surface area contributed by atoms with Gasteiger partial charge in [0.1, 0.15) is 5.75 Å². The summed E-state index contributed by atoms with van der Waals surface area (Å²) in [6.45, 7) is 2.23. The Morgan fingerprint density at radius 3 is 2.48 bits per heavy atom. The van der Waals surface area contributed by atoms with Gasteiger partial charge < -0.3 is 15.5 Å². The molecule has 0 spiro atoms. The molecule has 136 valence electrons. The number of hydrogen-bond donors (Lipinski definition) is 1. The number of amides is 1. The summed E-state index contributed by atoms with van der Waals surface area (Å²) < 4.78 is 29.9. The first-order valence-electron chi connectivity index (χ1n) is 7.62. The van der Waals surface area contributed by atoms with Gasteiger partial charge >= 0.3 is 6.61 Å². The molecule has 1 heterocycles. The third-order valence-corrected chi connectivity index (χ3v) is 4.37. The van der Waals surface area contributed by atoms with E-state index in [4.69, 9.17) is 5.84 Å². The van der Waals surface area contributed by atoms with E-state index in [1.165, 1.54) is 28.6 Å². The van der Waals surface area contributed by atoms with Gasteiger partial charge in [0.15, 0.2) is 5.82 Å². The molecule has 1 aromatic heterocycles. The van der Waals surface area contributed by atoms with Gasteiger partial charge in [0.2, 0.25) is 11.1 Å². The van der Waals surface area contributed by atoms with Gasteiger partial charge in [0.05, 0.1) is 5.75 Å². The van der Waals surface area contributed by atoms with Gasteiger partial charge in [-0.05, 0) is 38.1 Å². The number of benzene rings is 1. The number of carbonyl (C=O) groups is 1. The Morgan fingerprint density at radius 2 is 1.92 bits per heavy atom. The maximum Gasteiger partial charge on any atom is 0.387 e. The third kappa shape index (κ3) is 4.81. The number of ether oxygens (including phenoxy) is 1. The maximum atomic E-state index is 12.2. The molecular weight excluding hydrogens is 352 g/mol. The fraction of sp³-hybridized carbons (Fsp3) is 0.400. The number of carbonyl (C=O) groups excluding carboxylic acids is 1. The van der Waals surface area contributed by atoms with Crippen molar-refractivity contribution in [3.05, 3.63) is 24.3 Å². The zero-order valence-electron chi connectivity index (χ0n) is 13.9. The van der Waals surface area contributed by atoms with Gasteiger partial charge in [-0.15, -0.1) is 10.2 Å². The average Bonchev–Trinajstić information content (AvgIpc) is 2.95. The van der Waals surface area contributed by atoms with E-state index in [0.29, 0.717) is 29.6 Å². The summed E-state index contributed by atoms with van der Waals surface area (Å²) in [5.41, 5.74) is 0.596.